The number of benzene rings is 5. The molecule has 2 N–H and O–H groups in total. The van der Waals surface area contributed by atoms with Gasteiger partial charge in [0.05, 0.1) is 46.5 Å². The molecule has 0 fully saturated rings. The van der Waals surface area contributed by atoms with Crippen molar-refractivity contribution in [2.24, 2.45) is 37.9 Å². The summed E-state index contributed by atoms with van der Waals surface area (Å²) in [5.41, 5.74) is 16.5. The second-order valence-electron chi connectivity index (χ2n) is 51.4. The third-order valence-corrected chi connectivity index (χ3v) is 22.5. The Kier molecular flexibility index (Phi) is 40.2. The van der Waals surface area contributed by atoms with Gasteiger partial charge in [-0.15, -0.1) is 11.3 Å². The SMILES string of the molecule is CC(C)(C)CNC(=O)c1ccc(C(C)(C)C)o1.CC(C)(C)CNC(=O)c1ccc(C(C)(C)C)s1.CC(C)(C)Cn1cc(C(C)(C)C)c2ccccc21.COc1cc(C(C)(C)C)cc(OC)c1OCC(C)(C)C.COc1cc(N(C)CC(C)(C)C)cc(C)c1C(C)(C)C.COc1ccc(C(C)(C)C)c(C)c1OCC(C)(C)C.Cc1c(C(C)(C)C)c2ccccc2n1CC(C)(C)C. The molecule has 15 heteroatoms. The number of nitrogens with zero attached hydrogens (tertiary/aromatic N) is 3. The van der Waals surface area contributed by atoms with E-state index in [1.165, 1.54) is 71.4 Å². The van der Waals surface area contributed by atoms with E-state index in [1.54, 1.807) is 45.8 Å². The topological polar surface area (TPSA) is 140 Å². The van der Waals surface area contributed by atoms with E-state index in [1.807, 2.05) is 30.3 Å². The van der Waals surface area contributed by atoms with Gasteiger partial charge in [-0.3, -0.25) is 9.59 Å². The summed E-state index contributed by atoms with van der Waals surface area (Å²) in [6.45, 7) is 105. The molecule has 0 saturated heterocycles. The van der Waals surface area contributed by atoms with Crippen LogP contribution in [0.4, 0.5) is 5.69 Å². The van der Waals surface area contributed by atoms with Crippen LogP contribution in [0.15, 0.2) is 120 Å². The number of furan rings is 1. The zero-order valence-corrected chi connectivity index (χ0v) is 92.7. The van der Waals surface area contributed by atoms with Gasteiger partial charge in [-0.1, -0.05) is 333 Å². The number of aromatic nitrogens is 2. The van der Waals surface area contributed by atoms with Crippen molar-refractivity contribution >= 4 is 50.6 Å². The number of rotatable bonds is 16. The molecule has 730 valence electrons. The summed E-state index contributed by atoms with van der Waals surface area (Å²) in [5.74, 6) is 5.93. The second kappa shape index (κ2) is 45.2. The number of ether oxygens (including phenoxy) is 6. The van der Waals surface area contributed by atoms with Crippen molar-refractivity contribution in [3.8, 4) is 34.5 Å². The van der Waals surface area contributed by atoms with E-state index in [2.05, 4.69) is 422 Å². The van der Waals surface area contributed by atoms with Gasteiger partial charge >= 0.3 is 0 Å². The Morgan fingerprint density at radius 1 is 0.400 bits per heavy atom. The number of hydrogen-bond donors (Lipinski definition) is 2. The highest BCUT2D eigenvalue weighted by Gasteiger charge is 2.31. The minimum atomic E-state index is -0.143. The first-order valence-corrected chi connectivity index (χ1v) is 47.9. The highest BCUT2D eigenvalue weighted by Crippen LogP contribution is 2.45. The lowest BCUT2D eigenvalue weighted by atomic mass is 9.83. The molecule has 0 atom stereocenters. The van der Waals surface area contributed by atoms with Gasteiger partial charge in [0, 0.05) is 101 Å². The standard InChI is InChI=1S/C18H31NO.C18H27N.C17H25N.C17H28O3.C17H28O2.C14H23NO2.C14H23NOS/c1-13-10-14(19(8)12-17(2,3)4)11-15(20-9)16(13)18(5,6)7;1-13-16(18(5,6)7)14-10-8-9-11-15(14)19(13)12-17(2,3)4;1-16(2,3)12-18-11-14(17(4,5)6)13-9-7-8-10-15(13)18;1-16(2,3)11-20-15-13(18-7)9-12(17(4,5)6)10-14(15)19-8;1-12-13(17(5,6)7)9-10-14(18-8)15(12)19-11-16(2,3)4;2*1-13(2,3)9-15-12(16)10-7-8-11(17-10)14(4,5)6/h10-11H,12H2,1-9H3;8-11H,12H2,1-7H3;7-11H,12H2,1-6H3;9-10H,11H2,1-8H3;9-10H,11H2,1-8H3;2*7-8H,9H2,1-6H3,(H,15,16). The number of anilines is 1. The molecule has 9 aromatic rings. The molecule has 0 aliphatic heterocycles. The van der Waals surface area contributed by atoms with Crippen molar-refractivity contribution in [3.05, 3.63) is 181 Å². The van der Waals surface area contributed by atoms with Gasteiger partial charge in [-0.25, -0.2) is 0 Å². The van der Waals surface area contributed by atoms with Crippen LogP contribution in [0.5, 0.6) is 34.5 Å². The minimum Gasteiger partial charge on any atom is -0.496 e. The molecule has 0 aliphatic carbocycles. The van der Waals surface area contributed by atoms with Crippen LogP contribution in [0.2, 0.25) is 0 Å². The zero-order chi connectivity index (χ0) is 101. The van der Waals surface area contributed by atoms with Gasteiger partial charge < -0.3 is 57.5 Å². The Morgan fingerprint density at radius 2 is 0.854 bits per heavy atom. The zero-order valence-electron chi connectivity index (χ0n) is 91.8. The second-order valence-corrected chi connectivity index (χ2v) is 52.5. The fourth-order valence-corrected chi connectivity index (χ4v) is 15.8. The van der Waals surface area contributed by atoms with Gasteiger partial charge in [0.15, 0.2) is 28.8 Å². The summed E-state index contributed by atoms with van der Waals surface area (Å²) < 4.78 is 44.5. The molecule has 5 aromatic carbocycles. The monoisotopic (exact) mass is 1810 g/mol. The van der Waals surface area contributed by atoms with Gasteiger partial charge in [0.2, 0.25) is 5.75 Å². The number of hydrogen-bond acceptors (Lipinski definition) is 11. The number of nitrogens with one attached hydrogen (secondary N) is 2. The van der Waals surface area contributed by atoms with Gasteiger partial charge in [-0.05, 0) is 185 Å². The van der Waals surface area contributed by atoms with Crippen molar-refractivity contribution < 1.29 is 42.4 Å². The first-order valence-electron chi connectivity index (χ1n) is 47.1. The molecule has 2 amide bonds. The molecule has 0 unspecified atom stereocenters. The van der Waals surface area contributed by atoms with Crippen molar-refractivity contribution in [3.63, 3.8) is 0 Å². The maximum atomic E-state index is 11.9. The summed E-state index contributed by atoms with van der Waals surface area (Å²) in [7, 11) is 8.92. The van der Waals surface area contributed by atoms with Crippen LogP contribution < -0.4 is 44.0 Å². The summed E-state index contributed by atoms with van der Waals surface area (Å²) >= 11 is 1.59. The third-order valence-electron chi connectivity index (χ3n) is 21.0. The van der Waals surface area contributed by atoms with E-state index in [4.69, 9.17) is 32.8 Å². The Bertz CT molecular complexity index is 4950. The van der Waals surface area contributed by atoms with E-state index >= 15 is 0 Å². The average Bonchev–Trinajstić information content (AvgIpc) is 1.22. The Hall–Kier alpha value is -8.30. The molecular weight excluding hydrogens is 1630 g/mol. The molecule has 0 spiro atoms. The molecule has 9 rings (SSSR count). The minimum absolute atomic E-state index is 0.0309. The van der Waals surface area contributed by atoms with Crippen LogP contribution in [0.1, 0.15) is 366 Å². The first-order chi connectivity index (χ1) is 58.6. The molecule has 4 aromatic heterocycles. The lowest BCUT2D eigenvalue weighted by Gasteiger charge is -2.31. The average molecular weight is 1810 g/mol. The summed E-state index contributed by atoms with van der Waals surface area (Å²) in [6, 6.07) is 37.8. The van der Waals surface area contributed by atoms with E-state index in [0.717, 1.165) is 64.6 Å². The smallest absolute Gasteiger partial charge is 0.287 e. The van der Waals surface area contributed by atoms with Gasteiger partial charge in [0.1, 0.15) is 11.5 Å². The largest absolute Gasteiger partial charge is 0.496 e. The van der Waals surface area contributed by atoms with Crippen molar-refractivity contribution in [1.29, 1.82) is 0 Å². The molecule has 14 nitrogen and oxygen atoms in total. The van der Waals surface area contributed by atoms with Crippen molar-refractivity contribution in [1.82, 2.24) is 19.8 Å². The number of carbonyl (C=O) groups is 2. The van der Waals surface area contributed by atoms with E-state index < -0.39 is 0 Å². The lowest BCUT2D eigenvalue weighted by molar-refractivity contribution is 0.0906. The van der Waals surface area contributed by atoms with Crippen LogP contribution in [0.25, 0.3) is 21.8 Å². The number of aryl methyl sites for hydroxylation is 1. The molecule has 0 saturated carbocycles. The Labute approximate surface area is 797 Å². The highest BCUT2D eigenvalue weighted by molar-refractivity contribution is 7.14. The van der Waals surface area contributed by atoms with E-state index in [9.17, 15) is 9.59 Å². The van der Waals surface area contributed by atoms with Crippen molar-refractivity contribution in [2.45, 2.75) is 363 Å². The summed E-state index contributed by atoms with van der Waals surface area (Å²) in [5, 5.41) is 8.66. The Morgan fingerprint density at radius 3 is 1.25 bits per heavy atom. The summed E-state index contributed by atoms with van der Waals surface area (Å²) in [4.78, 5) is 28.1. The quantitative estimate of drug-likeness (QED) is 0.0961. The molecule has 0 radical (unpaired) electrons. The predicted octanol–water partition coefficient (Wildman–Crippen LogP) is 31.4. The van der Waals surface area contributed by atoms with Gasteiger partial charge in [-0.2, -0.15) is 0 Å². The lowest BCUT2D eigenvalue weighted by Crippen LogP contribution is -2.32. The maximum absolute atomic E-state index is 11.9. The fraction of sp³-hybridized carbons (Fsp3) is 0.617. The van der Waals surface area contributed by atoms with E-state index in [0.29, 0.717) is 48.6 Å². The molecule has 4 heterocycles. The number of para-hydroxylation sites is 2. The number of carbonyl (C=O) groups excluding carboxylic acids is 2. The van der Waals surface area contributed by atoms with Crippen LogP contribution in [-0.4, -0.2) is 89.3 Å². The predicted molar refractivity (Wildman–Crippen MR) is 563 cm³/mol. The Balaban J connectivity index is 0.000000391. The van der Waals surface area contributed by atoms with Crippen LogP contribution >= 0.6 is 11.3 Å². The number of fused-ring (bicyclic) bond motifs is 2. The van der Waals surface area contributed by atoms with Crippen molar-refractivity contribution in [2.75, 3.05) is 73.2 Å². The number of methoxy groups -OCH3 is 4. The number of amides is 2. The van der Waals surface area contributed by atoms with Crippen LogP contribution in [0, 0.1) is 58.7 Å². The molecule has 130 heavy (non-hydrogen) atoms. The molecular formula is C115H185N5O9S. The fourth-order valence-electron chi connectivity index (χ4n) is 14.9. The highest BCUT2D eigenvalue weighted by atomic mass is 32.1. The summed E-state index contributed by atoms with van der Waals surface area (Å²) in [6.07, 6.45) is 2.34. The van der Waals surface area contributed by atoms with Crippen LogP contribution in [-0.2, 0) is 51.0 Å². The molecule has 0 bridgehead atoms. The first kappa shape index (κ1) is 116. The molecule has 0 aliphatic rings. The maximum Gasteiger partial charge on any atom is 0.287 e. The third kappa shape index (κ3) is 38.4. The van der Waals surface area contributed by atoms with E-state index in [-0.39, 0.29) is 76.8 Å². The normalized spacial score (nSPS) is 12.7. The van der Waals surface area contributed by atoms with Gasteiger partial charge in [0.25, 0.3) is 11.8 Å². The van der Waals surface area contributed by atoms with Crippen LogP contribution in [0.3, 0.4) is 0 Å². The number of thiophene rings is 1.